The summed E-state index contributed by atoms with van der Waals surface area (Å²) in [5.41, 5.74) is 0.547. The fourth-order valence-corrected chi connectivity index (χ4v) is 10.1. The van der Waals surface area contributed by atoms with Crippen molar-refractivity contribution < 1.29 is 19.8 Å². The molecule has 9 atom stereocenters. The van der Waals surface area contributed by atoms with Crippen LogP contribution in [0.3, 0.4) is 0 Å². The first-order valence-corrected chi connectivity index (χ1v) is 13.7. The number of fused-ring (bicyclic) bond motifs is 5. The minimum Gasteiger partial charge on any atom is -0.481 e. The van der Waals surface area contributed by atoms with Crippen LogP contribution in [0.15, 0.2) is 11.6 Å². The molecule has 0 radical (unpaired) electrons. The molecule has 0 spiro atoms. The number of carboxylic acids is 2. The molecule has 0 heterocycles. The van der Waals surface area contributed by atoms with E-state index in [1.54, 1.807) is 5.57 Å². The van der Waals surface area contributed by atoms with Crippen molar-refractivity contribution in [2.45, 2.75) is 107 Å². The highest BCUT2D eigenvalue weighted by molar-refractivity contribution is 5.75. The molecule has 0 unspecified atom stereocenters. The Kier molecular flexibility index (Phi) is 5.94. The van der Waals surface area contributed by atoms with Crippen molar-refractivity contribution >= 4 is 11.9 Å². The lowest BCUT2D eigenvalue weighted by atomic mass is 9.34. The Hall–Kier alpha value is -1.32. The number of hydrogen-bond acceptors (Lipinski definition) is 2. The van der Waals surface area contributed by atoms with Crippen molar-refractivity contribution in [1.29, 1.82) is 0 Å². The Bertz CT molecular complexity index is 903. The summed E-state index contributed by atoms with van der Waals surface area (Å²) in [4.78, 5) is 24.5. The van der Waals surface area contributed by atoms with E-state index in [-0.39, 0.29) is 29.1 Å². The normalized spacial score (nSPS) is 48.7. The van der Waals surface area contributed by atoms with Crippen molar-refractivity contribution in [3.05, 3.63) is 11.6 Å². The van der Waals surface area contributed by atoms with Gasteiger partial charge in [-0.15, -0.1) is 0 Å². The van der Waals surface area contributed by atoms with Crippen LogP contribution in [0.2, 0.25) is 0 Å². The molecule has 0 bridgehead atoms. The lowest BCUT2D eigenvalue weighted by Gasteiger charge is -2.70. The maximum atomic E-state index is 12.3. The van der Waals surface area contributed by atoms with E-state index in [0.717, 1.165) is 31.6 Å². The topological polar surface area (TPSA) is 74.6 Å². The van der Waals surface area contributed by atoms with Gasteiger partial charge in [-0.1, -0.05) is 53.2 Å². The highest BCUT2D eigenvalue weighted by Gasteiger charge is 2.67. The summed E-state index contributed by atoms with van der Waals surface area (Å²) in [6.07, 6.45) is 10.2. The van der Waals surface area contributed by atoms with Gasteiger partial charge in [0, 0.05) is 0 Å². The van der Waals surface area contributed by atoms with Gasteiger partial charge >= 0.3 is 11.9 Å². The number of allylic oxidation sites excluding steroid dienone is 2. The van der Waals surface area contributed by atoms with Crippen molar-refractivity contribution in [1.82, 2.24) is 0 Å². The van der Waals surface area contributed by atoms with Gasteiger partial charge in [-0.2, -0.15) is 0 Å². The molecular weight excluding hydrogens is 424 g/mol. The lowest BCUT2D eigenvalue weighted by Crippen LogP contribution is -2.63. The molecule has 3 saturated carbocycles. The molecule has 0 saturated heterocycles. The summed E-state index contributed by atoms with van der Waals surface area (Å²) in [6, 6.07) is 0. The second-order valence-corrected chi connectivity index (χ2v) is 14.4. The fraction of sp³-hybridized carbons (Fsp3) is 0.867. The Balaban J connectivity index is 1.84. The van der Waals surface area contributed by atoms with Gasteiger partial charge in [-0.3, -0.25) is 9.59 Å². The van der Waals surface area contributed by atoms with E-state index < -0.39 is 22.8 Å². The molecule has 34 heavy (non-hydrogen) atoms. The molecule has 0 aromatic heterocycles. The second-order valence-electron chi connectivity index (χ2n) is 14.4. The zero-order valence-electron chi connectivity index (χ0n) is 22.8. The molecule has 192 valence electrons. The molecular formula is C30H48O4. The van der Waals surface area contributed by atoms with E-state index in [0.29, 0.717) is 17.3 Å². The van der Waals surface area contributed by atoms with Gasteiger partial charge in [-0.25, -0.2) is 0 Å². The maximum Gasteiger partial charge on any atom is 0.309 e. The minimum absolute atomic E-state index is 0.0197. The van der Waals surface area contributed by atoms with Gasteiger partial charge in [-0.05, 0) is 110 Å². The smallest absolute Gasteiger partial charge is 0.309 e. The Labute approximate surface area is 207 Å². The minimum atomic E-state index is -0.950. The molecule has 4 nitrogen and oxygen atoms in total. The summed E-state index contributed by atoms with van der Waals surface area (Å²) >= 11 is 0. The van der Waals surface area contributed by atoms with E-state index >= 15 is 0 Å². The van der Waals surface area contributed by atoms with Gasteiger partial charge in [0.25, 0.3) is 0 Å². The van der Waals surface area contributed by atoms with Gasteiger partial charge in [0.1, 0.15) is 0 Å². The van der Waals surface area contributed by atoms with Crippen LogP contribution >= 0.6 is 0 Å². The molecule has 4 aliphatic rings. The van der Waals surface area contributed by atoms with Crippen molar-refractivity contribution in [3.63, 3.8) is 0 Å². The zero-order valence-corrected chi connectivity index (χ0v) is 22.8. The first-order chi connectivity index (χ1) is 15.5. The largest absolute Gasteiger partial charge is 0.481 e. The van der Waals surface area contributed by atoms with Crippen LogP contribution < -0.4 is 0 Å². The fourth-order valence-electron chi connectivity index (χ4n) is 10.1. The summed E-state index contributed by atoms with van der Waals surface area (Å²) < 4.78 is 0. The van der Waals surface area contributed by atoms with Crippen LogP contribution in [0.5, 0.6) is 0 Å². The van der Waals surface area contributed by atoms with Gasteiger partial charge in [0.05, 0.1) is 11.8 Å². The van der Waals surface area contributed by atoms with E-state index in [9.17, 15) is 19.8 Å². The summed E-state index contributed by atoms with van der Waals surface area (Å²) in [7, 11) is 0. The maximum absolute atomic E-state index is 12.3. The lowest BCUT2D eigenvalue weighted by molar-refractivity contribution is -0.187. The molecule has 0 aliphatic heterocycles. The molecule has 0 amide bonds. The molecule has 4 heteroatoms. The summed E-state index contributed by atoms with van der Waals surface area (Å²) in [5, 5.41) is 20.1. The Morgan fingerprint density at radius 2 is 1.65 bits per heavy atom. The van der Waals surface area contributed by atoms with Crippen LogP contribution in [0.1, 0.15) is 107 Å². The Morgan fingerprint density at radius 1 is 1.00 bits per heavy atom. The van der Waals surface area contributed by atoms with E-state index in [1.807, 2.05) is 13.8 Å². The van der Waals surface area contributed by atoms with Crippen LogP contribution in [0.4, 0.5) is 0 Å². The predicted molar refractivity (Wildman–Crippen MR) is 135 cm³/mol. The van der Waals surface area contributed by atoms with Crippen LogP contribution in [-0.4, -0.2) is 22.2 Å². The number of aliphatic carboxylic acids is 2. The zero-order chi connectivity index (χ0) is 25.5. The predicted octanol–water partition coefficient (Wildman–Crippen LogP) is 7.43. The van der Waals surface area contributed by atoms with Crippen LogP contribution in [0.25, 0.3) is 0 Å². The average Bonchev–Trinajstić information content (AvgIpc) is 2.71. The molecule has 0 aromatic carbocycles. The van der Waals surface area contributed by atoms with Gasteiger partial charge in [0.2, 0.25) is 0 Å². The number of hydrogen-bond donors (Lipinski definition) is 2. The standard InChI is InChI=1S/C30H48O4/c1-18-11-13-27(5)15-16-29(7)20(24(27)19(18)2)9-10-22-28(6,17-23(31)32)21(12-14-30(22,29)8)26(3,4)25(33)34/h9,18-19,21-22,24H,10-17H2,1-8H3,(H,31,32)(H,33,34)/t18-,19+,21+,22-,24+,27-,28+,29-,30-/m1/s1. The molecule has 0 aromatic rings. The molecule has 3 fully saturated rings. The quantitative estimate of drug-likeness (QED) is 0.417. The summed E-state index contributed by atoms with van der Waals surface area (Å²) in [5.74, 6) is 0.397. The van der Waals surface area contributed by atoms with Gasteiger partial charge in [0.15, 0.2) is 0 Å². The number of rotatable bonds is 4. The highest BCUT2D eigenvalue weighted by atomic mass is 16.4. The van der Waals surface area contributed by atoms with Crippen LogP contribution in [-0.2, 0) is 9.59 Å². The third-order valence-corrected chi connectivity index (χ3v) is 12.6. The monoisotopic (exact) mass is 472 g/mol. The van der Waals surface area contributed by atoms with Crippen LogP contribution in [0, 0.1) is 56.7 Å². The van der Waals surface area contributed by atoms with Crippen molar-refractivity contribution in [2.75, 3.05) is 0 Å². The SMILES string of the molecule is C[C@H]1[C@H](C)CC[C@]2(C)CC[C@]3(C)C(=CC[C@@H]4[C@@](C)(CC(=O)O)[C@H](C(C)(C)C(=O)O)CC[C@]43C)[C@H]12. The number of carbonyl (C=O) groups is 2. The summed E-state index contributed by atoms with van der Waals surface area (Å²) in [6.45, 7) is 18.1. The highest BCUT2D eigenvalue weighted by Crippen LogP contribution is 2.74. The second kappa shape index (κ2) is 7.84. The average molecular weight is 473 g/mol. The Morgan fingerprint density at radius 3 is 2.24 bits per heavy atom. The van der Waals surface area contributed by atoms with Crippen molar-refractivity contribution in [2.24, 2.45) is 56.7 Å². The molecule has 2 N–H and O–H groups in total. The van der Waals surface area contributed by atoms with E-state index in [2.05, 4.69) is 47.6 Å². The molecule has 4 rings (SSSR count). The first-order valence-electron chi connectivity index (χ1n) is 13.7. The first kappa shape index (κ1) is 25.8. The van der Waals surface area contributed by atoms with E-state index in [1.165, 1.54) is 19.3 Å². The van der Waals surface area contributed by atoms with E-state index in [4.69, 9.17) is 0 Å². The third kappa shape index (κ3) is 3.29. The van der Waals surface area contributed by atoms with Gasteiger partial charge < -0.3 is 10.2 Å². The number of carboxylic acid groups (broad SMARTS) is 2. The third-order valence-electron chi connectivity index (χ3n) is 12.6. The molecule has 4 aliphatic carbocycles. The van der Waals surface area contributed by atoms with Crippen molar-refractivity contribution in [3.8, 4) is 0 Å².